The monoisotopic (exact) mass is 296 g/mol. The van der Waals surface area contributed by atoms with Crippen LogP contribution in [-0.2, 0) is 10.8 Å². The lowest BCUT2D eigenvalue weighted by molar-refractivity contribution is 0.421. The van der Waals surface area contributed by atoms with E-state index in [1.807, 2.05) is 19.9 Å². The summed E-state index contributed by atoms with van der Waals surface area (Å²) >= 11 is 0. The smallest absolute Gasteiger partial charge is 0.121 e. The third-order valence-corrected chi connectivity index (χ3v) is 5.25. The van der Waals surface area contributed by atoms with Gasteiger partial charge in [-0.05, 0) is 65.6 Å². The molecular weight excluding hydrogens is 272 g/mol. The van der Waals surface area contributed by atoms with Gasteiger partial charge in [0.15, 0.2) is 0 Å². The van der Waals surface area contributed by atoms with Crippen LogP contribution < -0.4 is 0 Å². The summed E-state index contributed by atoms with van der Waals surface area (Å²) in [6.07, 6.45) is 0.989. The van der Waals surface area contributed by atoms with E-state index in [1.165, 1.54) is 16.7 Å². The average molecular weight is 296 g/mol. The van der Waals surface area contributed by atoms with Gasteiger partial charge in [-0.25, -0.2) is 0 Å². The van der Waals surface area contributed by atoms with Crippen LogP contribution in [0.5, 0.6) is 11.5 Å². The Morgan fingerprint density at radius 3 is 2.05 bits per heavy atom. The Morgan fingerprint density at radius 1 is 0.864 bits per heavy atom. The van der Waals surface area contributed by atoms with Crippen molar-refractivity contribution < 1.29 is 10.2 Å². The summed E-state index contributed by atoms with van der Waals surface area (Å²) < 4.78 is 0. The molecule has 1 unspecified atom stereocenters. The van der Waals surface area contributed by atoms with E-state index in [4.69, 9.17) is 0 Å². The van der Waals surface area contributed by atoms with Crippen molar-refractivity contribution in [3.63, 3.8) is 0 Å². The predicted octanol–water partition coefficient (Wildman–Crippen LogP) is 4.70. The van der Waals surface area contributed by atoms with Crippen LogP contribution in [0, 0.1) is 13.8 Å². The van der Waals surface area contributed by atoms with Crippen molar-refractivity contribution in [1.29, 1.82) is 0 Å². The number of fused-ring (bicyclic) bond motifs is 1. The summed E-state index contributed by atoms with van der Waals surface area (Å²) in [6.45, 7) is 10.6. The summed E-state index contributed by atoms with van der Waals surface area (Å²) in [5.41, 5.74) is 5.48. The summed E-state index contributed by atoms with van der Waals surface area (Å²) in [7, 11) is 0. The first-order valence-electron chi connectivity index (χ1n) is 7.80. The second-order valence-electron chi connectivity index (χ2n) is 7.58. The van der Waals surface area contributed by atoms with Crippen LogP contribution in [0.2, 0.25) is 0 Å². The average Bonchev–Trinajstić information content (AvgIpc) is 2.63. The summed E-state index contributed by atoms with van der Waals surface area (Å²) in [5, 5.41) is 19.9. The molecule has 0 heterocycles. The summed E-state index contributed by atoms with van der Waals surface area (Å²) in [4.78, 5) is 0. The van der Waals surface area contributed by atoms with E-state index in [2.05, 4.69) is 39.0 Å². The van der Waals surface area contributed by atoms with Crippen LogP contribution in [0.4, 0.5) is 0 Å². The summed E-state index contributed by atoms with van der Waals surface area (Å²) in [6, 6.07) is 9.93. The summed E-state index contributed by atoms with van der Waals surface area (Å²) in [5.74, 6) is 0.713. The number of aromatic hydroxyl groups is 2. The van der Waals surface area contributed by atoms with Gasteiger partial charge in [0.1, 0.15) is 11.5 Å². The molecule has 2 N–H and O–H groups in total. The Kier molecular flexibility index (Phi) is 3.07. The molecule has 0 aliphatic heterocycles. The van der Waals surface area contributed by atoms with Crippen molar-refractivity contribution in [1.82, 2.24) is 0 Å². The van der Waals surface area contributed by atoms with Crippen LogP contribution in [0.25, 0.3) is 0 Å². The van der Waals surface area contributed by atoms with E-state index >= 15 is 0 Å². The van der Waals surface area contributed by atoms with Gasteiger partial charge in [-0.1, -0.05) is 39.0 Å². The topological polar surface area (TPSA) is 40.5 Å². The first-order chi connectivity index (χ1) is 10.1. The fraction of sp³-hybridized carbons (Fsp3) is 0.400. The van der Waals surface area contributed by atoms with Crippen LogP contribution in [0.3, 0.4) is 0 Å². The number of aryl methyl sites for hydroxylation is 2. The molecule has 0 radical (unpaired) electrons. The molecule has 2 heteroatoms. The van der Waals surface area contributed by atoms with Gasteiger partial charge in [0.05, 0.1) is 0 Å². The second-order valence-corrected chi connectivity index (χ2v) is 7.58. The lowest BCUT2D eigenvalue weighted by Crippen LogP contribution is -2.23. The normalized spacial score (nSPS) is 22.6. The molecule has 0 saturated heterocycles. The van der Waals surface area contributed by atoms with Gasteiger partial charge in [0.25, 0.3) is 0 Å². The fourth-order valence-corrected chi connectivity index (χ4v) is 4.18. The van der Waals surface area contributed by atoms with Crippen molar-refractivity contribution in [2.24, 2.45) is 0 Å². The maximum Gasteiger partial charge on any atom is 0.121 e. The number of hydrogen-bond acceptors (Lipinski definition) is 2. The number of phenols is 2. The Labute approximate surface area is 132 Å². The third-order valence-electron chi connectivity index (χ3n) is 5.25. The van der Waals surface area contributed by atoms with Gasteiger partial charge in [-0.15, -0.1) is 0 Å². The van der Waals surface area contributed by atoms with E-state index < -0.39 is 0 Å². The molecule has 2 aromatic carbocycles. The van der Waals surface area contributed by atoms with E-state index in [9.17, 15) is 10.2 Å². The minimum atomic E-state index is -0.101. The molecule has 2 nitrogen and oxygen atoms in total. The van der Waals surface area contributed by atoms with Crippen LogP contribution in [0.15, 0.2) is 30.3 Å². The molecule has 3 rings (SSSR count). The molecule has 1 aliphatic rings. The highest BCUT2D eigenvalue weighted by atomic mass is 16.3. The SMILES string of the molecule is Cc1cc(C2(C)CC(C)(C)c3cc(O)ccc32)cc(C)c1O. The molecule has 0 aromatic heterocycles. The van der Waals surface area contributed by atoms with E-state index in [0.717, 1.165) is 17.5 Å². The molecule has 2 aromatic rings. The lowest BCUT2D eigenvalue weighted by atomic mass is 9.74. The molecule has 0 spiro atoms. The van der Waals surface area contributed by atoms with Crippen LogP contribution >= 0.6 is 0 Å². The van der Waals surface area contributed by atoms with Gasteiger partial charge in [0, 0.05) is 5.41 Å². The highest BCUT2D eigenvalue weighted by Crippen LogP contribution is 2.53. The number of rotatable bonds is 1. The Bertz CT molecular complexity index is 735. The molecule has 22 heavy (non-hydrogen) atoms. The highest BCUT2D eigenvalue weighted by molar-refractivity contribution is 5.56. The molecule has 0 saturated carbocycles. The van der Waals surface area contributed by atoms with E-state index in [-0.39, 0.29) is 10.8 Å². The maximum atomic E-state index is 10.1. The highest BCUT2D eigenvalue weighted by Gasteiger charge is 2.46. The molecule has 0 bridgehead atoms. The molecule has 0 amide bonds. The van der Waals surface area contributed by atoms with Gasteiger partial charge in [-0.3, -0.25) is 0 Å². The zero-order valence-corrected chi connectivity index (χ0v) is 14.0. The van der Waals surface area contributed by atoms with Gasteiger partial charge >= 0.3 is 0 Å². The minimum absolute atomic E-state index is 0.0164. The third kappa shape index (κ3) is 2.01. The van der Waals surface area contributed by atoms with Gasteiger partial charge in [-0.2, -0.15) is 0 Å². The van der Waals surface area contributed by atoms with E-state index in [1.54, 1.807) is 6.07 Å². The zero-order chi connectivity index (χ0) is 16.3. The number of phenolic OH excluding ortho intramolecular Hbond substituents is 2. The minimum Gasteiger partial charge on any atom is -0.508 e. The van der Waals surface area contributed by atoms with Crippen molar-refractivity contribution in [3.05, 3.63) is 58.1 Å². The lowest BCUT2D eigenvalue weighted by Gasteiger charge is -2.29. The fourth-order valence-electron chi connectivity index (χ4n) is 4.18. The zero-order valence-electron chi connectivity index (χ0n) is 14.0. The Balaban J connectivity index is 2.24. The largest absolute Gasteiger partial charge is 0.508 e. The first kappa shape index (κ1) is 15.0. The molecule has 116 valence electrons. The van der Waals surface area contributed by atoms with Crippen molar-refractivity contribution in [2.45, 2.75) is 51.9 Å². The molecule has 1 aliphatic carbocycles. The number of benzene rings is 2. The van der Waals surface area contributed by atoms with Gasteiger partial charge in [0.2, 0.25) is 0 Å². The van der Waals surface area contributed by atoms with Crippen molar-refractivity contribution in [3.8, 4) is 11.5 Å². The second kappa shape index (κ2) is 4.52. The quantitative estimate of drug-likeness (QED) is 0.800. The predicted molar refractivity (Wildman–Crippen MR) is 89.8 cm³/mol. The van der Waals surface area contributed by atoms with Crippen LogP contribution in [0.1, 0.15) is 55.0 Å². The van der Waals surface area contributed by atoms with E-state index in [0.29, 0.717) is 11.5 Å². The Morgan fingerprint density at radius 2 is 1.45 bits per heavy atom. The van der Waals surface area contributed by atoms with Crippen LogP contribution in [-0.4, -0.2) is 10.2 Å². The molecule has 1 atom stereocenters. The van der Waals surface area contributed by atoms with Crippen molar-refractivity contribution >= 4 is 0 Å². The standard InChI is InChI=1S/C20H24O2/c1-12-8-14(9-13(2)18(12)22)20(5)11-19(3,4)17-10-15(21)6-7-16(17)20/h6-10,21-22H,11H2,1-5H3. The molecule has 0 fully saturated rings. The first-order valence-corrected chi connectivity index (χ1v) is 7.80. The maximum absolute atomic E-state index is 10.1. The van der Waals surface area contributed by atoms with Crippen molar-refractivity contribution in [2.75, 3.05) is 0 Å². The molecular formula is C20H24O2. The van der Waals surface area contributed by atoms with Gasteiger partial charge < -0.3 is 10.2 Å². The number of hydrogen-bond donors (Lipinski definition) is 2. The Hall–Kier alpha value is -1.96.